The van der Waals surface area contributed by atoms with Crippen molar-refractivity contribution < 1.29 is 18.3 Å². The third-order valence-electron chi connectivity index (χ3n) is 3.10. The Hall–Kier alpha value is -2.14. The van der Waals surface area contributed by atoms with E-state index in [4.69, 9.17) is 15.2 Å². The lowest BCUT2D eigenvalue weighted by Crippen LogP contribution is -2.06. The van der Waals surface area contributed by atoms with Crippen molar-refractivity contribution in [2.45, 2.75) is 19.6 Å². The molecule has 0 spiro atoms. The Balaban J connectivity index is 2.18. The SMILES string of the molecule is COc1cc([C@@H](C)N)ccc1OCc1cc(F)ccc1F. The summed E-state index contributed by atoms with van der Waals surface area (Å²) in [6.45, 7) is 1.77. The van der Waals surface area contributed by atoms with E-state index in [2.05, 4.69) is 0 Å². The number of benzene rings is 2. The zero-order valence-electron chi connectivity index (χ0n) is 11.9. The Bertz CT molecular complexity index is 630. The topological polar surface area (TPSA) is 44.5 Å². The van der Waals surface area contributed by atoms with Gasteiger partial charge >= 0.3 is 0 Å². The van der Waals surface area contributed by atoms with Crippen molar-refractivity contribution >= 4 is 0 Å². The number of rotatable bonds is 5. The van der Waals surface area contributed by atoms with Gasteiger partial charge in [-0.1, -0.05) is 6.07 Å². The molecule has 3 nitrogen and oxygen atoms in total. The average Bonchev–Trinajstić information content (AvgIpc) is 2.47. The third-order valence-corrected chi connectivity index (χ3v) is 3.10. The van der Waals surface area contributed by atoms with Crippen LogP contribution in [0.1, 0.15) is 24.1 Å². The second-order valence-electron chi connectivity index (χ2n) is 4.72. The molecule has 0 bridgehead atoms. The van der Waals surface area contributed by atoms with E-state index in [1.54, 1.807) is 12.1 Å². The van der Waals surface area contributed by atoms with Crippen molar-refractivity contribution in [1.29, 1.82) is 0 Å². The largest absolute Gasteiger partial charge is 0.493 e. The minimum atomic E-state index is -0.512. The van der Waals surface area contributed by atoms with E-state index in [9.17, 15) is 8.78 Å². The second-order valence-corrected chi connectivity index (χ2v) is 4.72. The minimum Gasteiger partial charge on any atom is -0.493 e. The standard InChI is InChI=1S/C16H17F2NO2/c1-10(19)11-3-6-15(16(8-11)20-2)21-9-12-7-13(17)4-5-14(12)18/h3-8,10H,9,19H2,1-2H3/t10-/m1/s1. The lowest BCUT2D eigenvalue weighted by molar-refractivity contribution is 0.279. The second kappa shape index (κ2) is 6.54. The molecule has 0 unspecified atom stereocenters. The van der Waals surface area contributed by atoms with E-state index in [0.717, 1.165) is 23.8 Å². The Kier molecular flexibility index (Phi) is 4.75. The van der Waals surface area contributed by atoms with Crippen LogP contribution < -0.4 is 15.2 Å². The summed E-state index contributed by atoms with van der Waals surface area (Å²) in [5.41, 5.74) is 6.85. The number of ether oxygens (including phenoxy) is 2. The van der Waals surface area contributed by atoms with E-state index in [0.29, 0.717) is 11.5 Å². The first kappa shape index (κ1) is 15.3. The summed E-state index contributed by atoms with van der Waals surface area (Å²) in [5, 5.41) is 0. The highest BCUT2D eigenvalue weighted by molar-refractivity contribution is 5.43. The van der Waals surface area contributed by atoms with E-state index < -0.39 is 11.6 Å². The van der Waals surface area contributed by atoms with Crippen LogP contribution in [-0.4, -0.2) is 7.11 Å². The summed E-state index contributed by atoms with van der Waals surface area (Å²) in [6.07, 6.45) is 0. The molecule has 1 atom stereocenters. The minimum absolute atomic E-state index is 0.0858. The van der Waals surface area contributed by atoms with Crippen molar-refractivity contribution in [3.8, 4) is 11.5 Å². The van der Waals surface area contributed by atoms with E-state index in [1.165, 1.54) is 7.11 Å². The van der Waals surface area contributed by atoms with Gasteiger partial charge in [0.15, 0.2) is 11.5 Å². The fraction of sp³-hybridized carbons (Fsp3) is 0.250. The van der Waals surface area contributed by atoms with Gasteiger partial charge in [-0.3, -0.25) is 0 Å². The van der Waals surface area contributed by atoms with Crippen LogP contribution in [0.25, 0.3) is 0 Å². The molecule has 0 fully saturated rings. The molecule has 0 amide bonds. The fourth-order valence-corrected chi connectivity index (χ4v) is 1.90. The van der Waals surface area contributed by atoms with Crippen LogP contribution in [0, 0.1) is 11.6 Å². The first-order valence-electron chi connectivity index (χ1n) is 6.51. The molecule has 112 valence electrons. The van der Waals surface area contributed by atoms with Crippen LogP contribution in [0.5, 0.6) is 11.5 Å². The number of nitrogens with two attached hydrogens (primary N) is 1. The summed E-state index contributed by atoms with van der Waals surface area (Å²) >= 11 is 0. The van der Waals surface area contributed by atoms with Crippen molar-refractivity contribution in [3.63, 3.8) is 0 Å². The summed E-state index contributed by atoms with van der Waals surface area (Å²) in [7, 11) is 1.51. The Morgan fingerprint density at radius 1 is 1.10 bits per heavy atom. The van der Waals surface area contributed by atoms with Gasteiger partial charge in [0, 0.05) is 11.6 Å². The first-order chi connectivity index (χ1) is 10.0. The van der Waals surface area contributed by atoms with E-state index in [1.807, 2.05) is 13.0 Å². The smallest absolute Gasteiger partial charge is 0.161 e. The first-order valence-corrected chi connectivity index (χ1v) is 6.51. The molecular formula is C16H17F2NO2. The molecule has 2 N–H and O–H groups in total. The lowest BCUT2D eigenvalue weighted by atomic mass is 10.1. The molecule has 5 heteroatoms. The van der Waals surface area contributed by atoms with Crippen molar-refractivity contribution in [2.24, 2.45) is 5.73 Å². The van der Waals surface area contributed by atoms with Gasteiger partial charge in [0.2, 0.25) is 0 Å². The summed E-state index contributed by atoms with van der Waals surface area (Å²) in [6, 6.07) is 8.40. The van der Waals surface area contributed by atoms with Gasteiger partial charge in [0.25, 0.3) is 0 Å². The quantitative estimate of drug-likeness (QED) is 0.916. The van der Waals surface area contributed by atoms with Crippen LogP contribution in [0.3, 0.4) is 0 Å². The number of hydrogen-bond donors (Lipinski definition) is 1. The molecule has 0 heterocycles. The van der Waals surface area contributed by atoms with Gasteiger partial charge < -0.3 is 15.2 Å². The predicted octanol–water partition coefficient (Wildman–Crippen LogP) is 3.57. The lowest BCUT2D eigenvalue weighted by Gasteiger charge is -2.14. The molecule has 0 aliphatic heterocycles. The summed E-state index contributed by atoms with van der Waals surface area (Å²) in [5.74, 6) is -0.0657. The zero-order valence-corrected chi connectivity index (χ0v) is 11.9. The normalized spacial score (nSPS) is 12.0. The molecule has 0 aromatic heterocycles. The van der Waals surface area contributed by atoms with Crippen LogP contribution in [0.15, 0.2) is 36.4 Å². The molecule has 0 aliphatic rings. The molecule has 2 aromatic rings. The van der Waals surface area contributed by atoms with Gasteiger partial charge in [-0.15, -0.1) is 0 Å². The maximum absolute atomic E-state index is 13.5. The van der Waals surface area contributed by atoms with Crippen molar-refractivity contribution in [1.82, 2.24) is 0 Å². The highest BCUT2D eigenvalue weighted by Crippen LogP contribution is 2.30. The van der Waals surface area contributed by atoms with Crippen molar-refractivity contribution in [2.75, 3.05) is 7.11 Å². The molecule has 2 rings (SSSR count). The molecule has 0 aliphatic carbocycles. The van der Waals surface area contributed by atoms with Crippen LogP contribution >= 0.6 is 0 Å². The Labute approximate surface area is 122 Å². The molecule has 0 saturated heterocycles. The fourth-order valence-electron chi connectivity index (χ4n) is 1.90. The summed E-state index contributed by atoms with van der Waals surface area (Å²) < 4.78 is 37.4. The highest BCUT2D eigenvalue weighted by atomic mass is 19.1. The maximum atomic E-state index is 13.5. The van der Waals surface area contributed by atoms with Crippen LogP contribution in [0.2, 0.25) is 0 Å². The maximum Gasteiger partial charge on any atom is 0.161 e. The van der Waals surface area contributed by atoms with Gasteiger partial charge in [0.1, 0.15) is 18.2 Å². The molecule has 0 radical (unpaired) electrons. The number of hydrogen-bond acceptors (Lipinski definition) is 3. The van der Waals surface area contributed by atoms with Crippen molar-refractivity contribution in [3.05, 3.63) is 59.2 Å². The summed E-state index contributed by atoms with van der Waals surface area (Å²) in [4.78, 5) is 0. The Morgan fingerprint density at radius 3 is 2.52 bits per heavy atom. The number of halogens is 2. The molecule has 0 saturated carbocycles. The molecule has 2 aromatic carbocycles. The molecule has 21 heavy (non-hydrogen) atoms. The van der Waals surface area contributed by atoms with E-state index >= 15 is 0 Å². The predicted molar refractivity (Wildman–Crippen MR) is 76.3 cm³/mol. The van der Waals surface area contributed by atoms with E-state index in [-0.39, 0.29) is 18.2 Å². The monoisotopic (exact) mass is 293 g/mol. The van der Waals surface area contributed by atoms with Gasteiger partial charge in [0.05, 0.1) is 7.11 Å². The van der Waals surface area contributed by atoms with Crippen LogP contribution in [0.4, 0.5) is 8.78 Å². The van der Waals surface area contributed by atoms with Crippen LogP contribution in [-0.2, 0) is 6.61 Å². The van der Waals surface area contributed by atoms with Gasteiger partial charge in [-0.25, -0.2) is 8.78 Å². The average molecular weight is 293 g/mol. The highest BCUT2D eigenvalue weighted by Gasteiger charge is 2.10. The Morgan fingerprint density at radius 2 is 1.86 bits per heavy atom. The van der Waals surface area contributed by atoms with Gasteiger partial charge in [-0.2, -0.15) is 0 Å². The molecular weight excluding hydrogens is 276 g/mol. The third kappa shape index (κ3) is 3.70. The number of methoxy groups -OCH3 is 1. The zero-order chi connectivity index (χ0) is 15.4. The van der Waals surface area contributed by atoms with Gasteiger partial charge in [-0.05, 0) is 42.8 Å².